The van der Waals surface area contributed by atoms with Crippen LogP contribution in [0.2, 0.25) is 0 Å². The Balaban J connectivity index is 2.48. The molecule has 0 spiro atoms. The molecule has 0 aliphatic heterocycles. The van der Waals surface area contributed by atoms with Gasteiger partial charge in [0.2, 0.25) is 0 Å². The van der Waals surface area contributed by atoms with Crippen molar-refractivity contribution in [2.75, 3.05) is 5.73 Å². The fourth-order valence-electron chi connectivity index (χ4n) is 1.88. The molecule has 0 saturated heterocycles. The lowest BCUT2D eigenvalue weighted by molar-refractivity contribution is 0.746. The van der Waals surface area contributed by atoms with E-state index >= 15 is 0 Å². The summed E-state index contributed by atoms with van der Waals surface area (Å²) < 4.78 is 3.66. The van der Waals surface area contributed by atoms with Gasteiger partial charge in [-0.2, -0.15) is 5.10 Å². The first-order valence-electron chi connectivity index (χ1n) is 5.61. The molecular formula is C12H17N5. The van der Waals surface area contributed by atoms with Crippen LogP contribution in [-0.2, 0) is 20.0 Å². The highest BCUT2D eigenvalue weighted by atomic mass is 15.3. The van der Waals surface area contributed by atoms with Gasteiger partial charge in [0, 0.05) is 25.4 Å². The molecule has 2 aromatic heterocycles. The quantitative estimate of drug-likeness (QED) is 0.813. The second-order valence-corrected chi connectivity index (χ2v) is 3.94. The van der Waals surface area contributed by atoms with Crippen LogP contribution in [0.15, 0.2) is 25.2 Å². The Morgan fingerprint density at radius 3 is 2.94 bits per heavy atom. The average molecular weight is 231 g/mol. The molecule has 90 valence electrons. The molecule has 0 amide bonds. The second kappa shape index (κ2) is 4.45. The molecule has 2 aromatic rings. The van der Waals surface area contributed by atoms with E-state index in [2.05, 4.69) is 23.6 Å². The van der Waals surface area contributed by atoms with Crippen LogP contribution >= 0.6 is 0 Å². The van der Waals surface area contributed by atoms with Crippen molar-refractivity contribution in [2.45, 2.75) is 19.9 Å². The fourth-order valence-corrected chi connectivity index (χ4v) is 1.88. The average Bonchev–Trinajstić information content (AvgIpc) is 2.84. The van der Waals surface area contributed by atoms with Gasteiger partial charge in [-0.05, 0) is 6.42 Å². The van der Waals surface area contributed by atoms with Crippen molar-refractivity contribution >= 4 is 5.82 Å². The zero-order valence-electron chi connectivity index (χ0n) is 10.2. The zero-order valence-corrected chi connectivity index (χ0v) is 10.2. The van der Waals surface area contributed by atoms with Crippen LogP contribution < -0.4 is 5.73 Å². The highest BCUT2D eigenvalue weighted by molar-refractivity contribution is 5.71. The third-order valence-corrected chi connectivity index (χ3v) is 2.70. The minimum atomic E-state index is 0.660. The molecule has 0 radical (unpaired) electrons. The van der Waals surface area contributed by atoms with E-state index in [9.17, 15) is 0 Å². The van der Waals surface area contributed by atoms with Crippen molar-refractivity contribution in [3.8, 4) is 11.3 Å². The van der Waals surface area contributed by atoms with Crippen LogP contribution in [0.1, 0.15) is 12.6 Å². The number of allylic oxidation sites excluding steroid dienone is 1. The maximum Gasteiger partial charge on any atom is 0.131 e. The summed E-state index contributed by atoms with van der Waals surface area (Å²) in [7, 11) is 1.90. The fraction of sp³-hybridized carbons (Fsp3) is 0.333. The second-order valence-electron chi connectivity index (χ2n) is 3.94. The van der Waals surface area contributed by atoms with Crippen LogP contribution in [0.3, 0.4) is 0 Å². The Morgan fingerprint density at radius 2 is 2.29 bits per heavy atom. The smallest absolute Gasteiger partial charge is 0.131 e. The van der Waals surface area contributed by atoms with Crippen molar-refractivity contribution in [3.05, 3.63) is 30.9 Å². The maximum absolute atomic E-state index is 6.07. The van der Waals surface area contributed by atoms with Crippen LogP contribution in [0, 0.1) is 0 Å². The lowest BCUT2D eigenvalue weighted by Crippen LogP contribution is -2.00. The number of nitrogens with zero attached hydrogens (tertiary/aromatic N) is 4. The SMILES string of the molecule is C=CCn1cnc(-c2cn(C)nc2CC)c1N. The van der Waals surface area contributed by atoms with E-state index < -0.39 is 0 Å². The van der Waals surface area contributed by atoms with Gasteiger partial charge in [0.1, 0.15) is 11.5 Å². The van der Waals surface area contributed by atoms with Crippen molar-refractivity contribution in [3.63, 3.8) is 0 Å². The highest BCUT2D eigenvalue weighted by Crippen LogP contribution is 2.27. The molecule has 0 aliphatic carbocycles. The molecular weight excluding hydrogens is 214 g/mol. The summed E-state index contributed by atoms with van der Waals surface area (Å²) in [6, 6.07) is 0. The maximum atomic E-state index is 6.07. The van der Waals surface area contributed by atoms with Crippen molar-refractivity contribution in [1.29, 1.82) is 0 Å². The Morgan fingerprint density at radius 1 is 1.53 bits per heavy atom. The lowest BCUT2D eigenvalue weighted by Gasteiger charge is -2.01. The molecule has 0 aliphatic rings. The summed E-state index contributed by atoms with van der Waals surface area (Å²) in [5, 5.41) is 4.39. The first-order valence-corrected chi connectivity index (χ1v) is 5.61. The monoisotopic (exact) mass is 231 g/mol. The molecule has 0 atom stereocenters. The van der Waals surface area contributed by atoms with Crippen LogP contribution in [0.25, 0.3) is 11.3 Å². The predicted octanol–water partition coefficient (Wildman–Crippen LogP) is 1.61. The normalized spacial score (nSPS) is 10.7. The van der Waals surface area contributed by atoms with Gasteiger partial charge in [-0.25, -0.2) is 4.98 Å². The Bertz CT molecular complexity index is 535. The van der Waals surface area contributed by atoms with Gasteiger partial charge in [0.15, 0.2) is 0 Å². The summed E-state index contributed by atoms with van der Waals surface area (Å²) in [6.07, 6.45) is 6.35. The zero-order chi connectivity index (χ0) is 12.4. The molecule has 0 fully saturated rings. The van der Waals surface area contributed by atoms with Gasteiger partial charge < -0.3 is 10.3 Å². The molecule has 5 nitrogen and oxygen atoms in total. The Labute approximate surface area is 101 Å². The van der Waals surface area contributed by atoms with Gasteiger partial charge in [-0.15, -0.1) is 6.58 Å². The lowest BCUT2D eigenvalue weighted by atomic mass is 10.1. The molecule has 2 heterocycles. The number of aryl methyl sites for hydroxylation is 2. The number of nitrogens with two attached hydrogens (primary N) is 1. The van der Waals surface area contributed by atoms with Gasteiger partial charge >= 0.3 is 0 Å². The third-order valence-electron chi connectivity index (χ3n) is 2.70. The first-order chi connectivity index (χ1) is 8.17. The molecule has 0 aromatic carbocycles. The van der Waals surface area contributed by atoms with E-state index in [1.165, 1.54) is 0 Å². The van der Waals surface area contributed by atoms with E-state index in [1.54, 1.807) is 17.1 Å². The molecule has 5 heteroatoms. The van der Waals surface area contributed by atoms with Crippen LogP contribution in [0.5, 0.6) is 0 Å². The summed E-state index contributed by atoms with van der Waals surface area (Å²) >= 11 is 0. The number of hydrogen-bond acceptors (Lipinski definition) is 3. The number of nitrogen functional groups attached to an aromatic ring is 1. The number of hydrogen-bond donors (Lipinski definition) is 1. The minimum Gasteiger partial charge on any atom is -0.383 e. The van der Waals surface area contributed by atoms with Crippen molar-refractivity contribution in [2.24, 2.45) is 7.05 Å². The van der Waals surface area contributed by atoms with Crippen molar-refractivity contribution < 1.29 is 0 Å². The van der Waals surface area contributed by atoms with Crippen LogP contribution in [-0.4, -0.2) is 19.3 Å². The van der Waals surface area contributed by atoms with Gasteiger partial charge in [-0.3, -0.25) is 4.68 Å². The molecule has 0 unspecified atom stereocenters. The first kappa shape index (κ1) is 11.4. The van der Waals surface area contributed by atoms with E-state index in [0.717, 1.165) is 23.4 Å². The number of imidazole rings is 1. The van der Waals surface area contributed by atoms with E-state index in [-0.39, 0.29) is 0 Å². The predicted molar refractivity (Wildman–Crippen MR) is 68.4 cm³/mol. The van der Waals surface area contributed by atoms with E-state index in [1.807, 2.05) is 17.8 Å². The molecule has 2 N–H and O–H groups in total. The number of aromatic nitrogens is 4. The summed E-state index contributed by atoms with van der Waals surface area (Å²) in [4.78, 5) is 4.36. The van der Waals surface area contributed by atoms with Crippen molar-refractivity contribution in [1.82, 2.24) is 19.3 Å². The largest absolute Gasteiger partial charge is 0.383 e. The van der Waals surface area contributed by atoms with E-state index in [0.29, 0.717) is 12.4 Å². The summed E-state index contributed by atoms with van der Waals surface area (Å²) in [6.45, 7) is 6.44. The molecule has 0 bridgehead atoms. The Hall–Kier alpha value is -2.04. The summed E-state index contributed by atoms with van der Waals surface area (Å²) in [5.41, 5.74) is 8.90. The van der Waals surface area contributed by atoms with Crippen LogP contribution in [0.4, 0.5) is 5.82 Å². The molecule has 0 saturated carbocycles. The minimum absolute atomic E-state index is 0.660. The number of anilines is 1. The van der Waals surface area contributed by atoms with E-state index in [4.69, 9.17) is 5.73 Å². The third kappa shape index (κ3) is 1.95. The highest BCUT2D eigenvalue weighted by Gasteiger charge is 2.15. The topological polar surface area (TPSA) is 61.7 Å². The molecule has 2 rings (SSSR count). The number of rotatable bonds is 4. The summed E-state index contributed by atoms with van der Waals surface area (Å²) in [5.74, 6) is 0.660. The standard InChI is InChI=1S/C12H17N5/c1-4-6-17-8-14-11(12(17)13)9-7-16(3)15-10(9)5-2/h4,7-8H,1,5-6,13H2,2-3H3. The van der Waals surface area contributed by atoms with Gasteiger partial charge in [0.25, 0.3) is 0 Å². The van der Waals surface area contributed by atoms with Gasteiger partial charge in [-0.1, -0.05) is 13.0 Å². The molecule has 17 heavy (non-hydrogen) atoms. The Kier molecular flexibility index (Phi) is 2.99. The van der Waals surface area contributed by atoms with Gasteiger partial charge in [0.05, 0.1) is 12.0 Å².